The summed E-state index contributed by atoms with van der Waals surface area (Å²) in [6, 6.07) is 50.0. The lowest BCUT2D eigenvalue weighted by Crippen LogP contribution is -2.25. The van der Waals surface area contributed by atoms with Crippen LogP contribution in [0.1, 0.15) is 0 Å². The van der Waals surface area contributed by atoms with Crippen LogP contribution in [-0.2, 0) is 4.57 Å². The summed E-state index contributed by atoms with van der Waals surface area (Å²) in [5.41, 5.74) is 5.90. The third-order valence-electron chi connectivity index (χ3n) is 7.86. The second kappa shape index (κ2) is 9.13. The van der Waals surface area contributed by atoms with Gasteiger partial charge in [0.15, 0.2) is 7.14 Å². The van der Waals surface area contributed by atoms with Crippen LogP contribution in [0.4, 0.5) is 0 Å². The first-order chi connectivity index (χ1) is 19.7. The van der Waals surface area contributed by atoms with Crippen LogP contribution >= 0.6 is 18.9 Å². The molecule has 2 heterocycles. The molecule has 2 nitrogen and oxygen atoms in total. The summed E-state index contributed by atoms with van der Waals surface area (Å²) in [7, 11) is -3.05. The van der Waals surface area contributed by atoms with Gasteiger partial charge < -0.3 is 9.13 Å². The monoisotopic (exact) mass is 549 g/mol. The minimum Gasteiger partial charge on any atom is -0.309 e. The van der Waals surface area contributed by atoms with Crippen molar-refractivity contribution in [2.24, 2.45) is 0 Å². The first-order valence-corrected chi connectivity index (χ1v) is 15.9. The zero-order valence-electron chi connectivity index (χ0n) is 21.6. The highest BCUT2D eigenvalue weighted by molar-refractivity contribution is 7.99. The fraction of sp³-hybridized carbons (Fsp3) is 0. The molecule has 0 aliphatic carbocycles. The molecule has 7 aromatic rings. The van der Waals surface area contributed by atoms with E-state index in [9.17, 15) is 4.57 Å². The van der Waals surface area contributed by atoms with Gasteiger partial charge in [0.2, 0.25) is 0 Å². The summed E-state index contributed by atoms with van der Waals surface area (Å²) in [5, 5.41) is 5.11. The maximum absolute atomic E-state index is 15.0. The number of nitrogens with zero attached hydrogens (tertiary/aromatic N) is 1. The van der Waals surface area contributed by atoms with Gasteiger partial charge in [-0.1, -0.05) is 127 Å². The lowest BCUT2D eigenvalue weighted by molar-refractivity contribution is 0.592. The molecular formula is C36H24NOPS. The average molecular weight is 550 g/mol. The van der Waals surface area contributed by atoms with E-state index < -0.39 is 7.14 Å². The molecule has 190 valence electrons. The van der Waals surface area contributed by atoms with Gasteiger partial charge >= 0.3 is 0 Å². The van der Waals surface area contributed by atoms with Gasteiger partial charge in [0, 0.05) is 36.5 Å². The molecule has 0 atom stereocenters. The van der Waals surface area contributed by atoms with E-state index in [4.69, 9.17) is 0 Å². The van der Waals surface area contributed by atoms with Crippen LogP contribution in [-0.4, -0.2) is 4.57 Å². The summed E-state index contributed by atoms with van der Waals surface area (Å²) >= 11 is 1.83. The van der Waals surface area contributed by atoms with Crippen molar-refractivity contribution in [2.45, 2.75) is 9.79 Å². The molecule has 1 aromatic heterocycles. The molecule has 1 aliphatic rings. The highest BCUT2D eigenvalue weighted by Crippen LogP contribution is 2.48. The lowest BCUT2D eigenvalue weighted by atomic mass is 10.1. The standard InChI is InChI=1S/C36H24NOPS/c38-39(27-12-3-1-4-13-27,28-14-5-2-6-15-28)29-16-9-11-25(23-29)26-21-22-33-35(24-26)40-34-20-10-18-31-30-17-7-8-19-32(30)37(33)36(31)34/h1-24H. The van der Waals surface area contributed by atoms with E-state index in [0.717, 1.165) is 27.0 Å². The summed E-state index contributed by atoms with van der Waals surface area (Å²) in [6.45, 7) is 0. The van der Waals surface area contributed by atoms with Gasteiger partial charge in [0.05, 0.1) is 16.7 Å². The Bertz CT molecular complexity index is 2070. The van der Waals surface area contributed by atoms with Crippen LogP contribution in [0.25, 0.3) is 38.6 Å². The molecule has 6 aromatic carbocycles. The van der Waals surface area contributed by atoms with Gasteiger partial charge in [-0.3, -0.25) is 0 Å². The van der Waals surface area contributed by atoms with E-state index in [-0.39, 0.29) is 0 Å². The van der Waals surface area contributed by atoms with Crippen molar-refractivity contribution in [3.05, 3.63) is 146 Å². The summed E-state index contributed by atoms with van der Waals surface area (Å²) in [5.74, 6) is 0. The molecule has 40 heavy (non-hydrogen) atoms. The van der Waals surface area contributed by atoms with Gasteiger partial charge in [-0.2, -0.15) is 0 Å². The van der Waals surface area contributed by atoms with Crippen LogP contribution in [0, 0.1) is 0 Å². The van der Waals surface area contributed by atoms with Crippen LogP contribution in [0.2, 0.25) is 0 Å². The van der Waals surface area contributed by atoms with E-state index >= 15 is 0 Å². The fourth-order valence-electron chi connectivity index (χ4n) is 6.00. The molecule has 0 saturated heterocycles. The van der Waals surface area contributed by atoms with Gasteiger partial charge in [0.1, 0.15) is 0 Å². The molecule has 1 aliphatic heterocycles. The Balaban J connectivity index is 1.29. The molecule has 0 spiro atoms. The van der Waals surface area contributed by atoms with E-state index in [1.807, 2.05) is 84.6 Å². The van der Waals surface area contributed by atoms with Crippen LogP contribution in [0.15, 0.2) is 155 Å². The van der Waals surface area contributed by atoms with Crippen molar-refractivity contribution in [3.8, 4) is 16.8 Å². The molecule has 4 heteroatoms. The van der Waals surface area contributed by atoms with Crippen LogP contribution < -0.4 is 15.9 Å². The van der Waals surface area contributed by atoms with Crippen molar-refractivity contribution < 1.29 is 4.57 Å². The van der Waals surface area contributed by atoms with Crippen LogP contribution in [0.3, 0.4) is 0 Å². The predicted molar refractivity (Wildman–Crippen MR) is 170 cm³/mol. The molecule has 0 bridgehead atoms. The van der Waals surface area contributed by atoms with Crippen LogP contribution in [0.5, 0.6) is 0 Å². The molecule has 0 amide bonds. The maximum Gasteiger partial charge on any atom is 0.171 e. The Labute approximate surface area is 237 Å². The first kappa shape index (κ1) is 23.6. The average Bonchev–Trinajstić information content (AvgIpc) is 3.37. The topological polar surface area (TPSA) is 22.0 Å². The number of rotatable bonds is 4. The highest BCUT2D eigenvalue weighted by atomic mass is 32.2. The third-order valence-corrected chi connectivity index (χ3v) is 12.0. The van der Waals surface area contributed by atoms with E-state index in [0.29, 0.717) is 0 Å². The number of fused-ring (bicyclic) bond motifs is 5. The second-order valence-corrected chi connectivity index (χ2v) is 14.0. The normalized spacial score (nSPS) is 12.5. The zero-order valence-corrected chi connectivity index (χ0v) is 23.3. The van der Waals surface area contributed by atoms with Gasteiger partial charge in [-0.15, -0.1) is 0 Å². The van der Waals surface area contributed by atoms with Gasteiger partial charge in [-0.25, -0.2) is 0 Å². The Hall–Kier alpha value is -4.30. The van der Waals surface area contributed by atoms with Gasteiger partial charge in [0.25, 0.3) is 0 Å². The maximum atomic E-state index is 15.0. The SMILES string of the molecule is O=P(c1ccccc1)(c1ccccc1)c1cccc(-c2ccc3c(c2)Sc2cccc4c5ccccc5n-3c24)c1. The highest BCUT2D eigenvalue weighted by Gasteiger charge is 2.30. The molecule has 0 saturated carbocycles. The number of para-hydroxylation sites is 2. The second-order valence-electron chi connectivity index (χ2n) is 10.1. The number of hydrogen-bond donors (Lipinski definition) is 0. The van der Waals surface area contributed by atoms with Crippen molar-refractivity contribution in [1.82, 2.24) is 4.57 Å². The third kappa shape index (κ3) is 3.48. The number of aromatic nitrogens is 1. The van der Waals surface area contributed by atoms with Crippen molar-refractivity contribution >= 4 is 56.6 Å². The number of hydrogen-bond acceptors (Lipinski definition) is 2. The largest absolute Gasteiger partial charge is 0.309 e. The predicted octanol–water partition coefficient (Wildman–Crippen LogP) is 8.55. The van der Waals surface area contributed by atoms with Gasteiger partial charge in [-0.05, 0) is 41.5 Å². The zero-order chi connectivity index (χ0) is 26.7. The Morgan fingerprint density at radius 3 is 1.90 bits per heavy atom. The quantitative estimate of drug-likeness (QED) is 0.205. The van der Waals surface area contributed by atoms with Crippen molar-refractivity contribution in [2.75, 3.05) is 0 Å². The van der Waals surface area contributed by atoms with E-state index in [1.165, 1.54) is 37.3 Å². The molecular weight excluding hydrogens is 525 g/mol. The Morgan fingerprint density at radius 1 is 0.500 bits per heavy atom. The van der Waals surface area contributed by atoms with E-state index in [2.05, 4.69) is 77.4 Å². The minimum absolute atomic E-state index is 0.844. The van der Waals surface area contributed by atoms with Crippen molar-refractivity contribution in [3.63, 3.8) is 0 Å². The summed E-state index contributed by atoms with van der Waals surface area (Å²) in [6.07, 6.45) is 0. The first-order valence-electron chi connectivity index (χ1n) is 13.4. The molecule has 0 N–H and O–H groups in total. The smallest absolute Gasteiger partial charge is 0.171 e. The molecule has 8 rings (SSSR count). The minimum atomic E-state index is -3.05. The van der Waals surface area contributed by atoms with E-state index in [1.54, 1.807) is 0 Å². The van der Waals surface area contributed by atoms with Crippen molar-refractivity contribution in [1.29, 1.82) is 0 Å². The Morgan fingerprint density at radius 2 is 1.12 bits per heavy atom. The molecule has 0 radical (unpaired) electrons. The summed E-state index contributed by atoms with van der Waals surface area (Å²) < 4.78 is 17.4. The summed E-state index contributed by atoms with van der Waals surface area (Å²) in [4.78, 5) is 2.49. The molecule has 0 fully saturated rings. The Kier molecular flexibility index (Phi) is 5.38. The molecule has 0 unspecified atom stereocenters. The lowest BCUT2D eigenvalue weighted by Gasteiger charge is -2.22. The fourth-order valence-corrected chi connectivity index (χ4v) is 9.83. The number of benzene rings is 6.